The van der Waals surface area contributed by atoms with Gasteiger partial charge in [0.15, 0.2) is 6.17 Å². The minimum atomic E-state index is -1.29. The molecule has 0 aromatic heterocycles. The van der Waals surface area contributed by atoms with E-state index < -0.39 is 16.9 Å². The molecule has 1 aliphatic rings. The molecule has 1 saturated heterocycles. The molecule has 1 fully saturated rings. The average molecular weight is 284 g/mol. The Balaban J connectivity index is 2.11. The van der Waals surface area contributed by atoms with E-state index in [2.05, 4.69) is 0 Å². The van der Waals surface area contributed by atoms with Gasteiger partial charge in [-0.1, -0.05) is 0 Å². The number of alkyl halides is 1. The first-order valence-electron chi connectivity index (χ1n) is 6.26. The lowest BCUT2D eigenvalue weighted by Gasteiger charge is -2.42. The number of non-ortho nitro benzene ring substituents is 1. The molecular weight excluding hydrogens is 267 g/mol. The fourth-order valence-electron chi connectivity index (χ4n) is 2.43. The molecule has 7 heteroatoms. The van der Waals surface area contributed by atoms with E-state index in [1.807, 2.05) is 4.90 Å². The smallest absolute Gasteiger partial charge is 0.269 e. The summed E-state index contributed by atoms with van der Waals surface area (Å²) in [6, 6.07) is 6.07. The Bertz CT molecular complexity index is 476. The summed E-state index contributed by atoms with van der Waals surface area (Å²) in [4.78, 5) is 12.0. The third-order valence-corrected chi connectivity index (χ3v) is 3.70. The van der Waals surface area contributed by atoms with E-state index in [1.54, 1.807) is 12.1 Å². The summed E-state index contributed by atoms with van der Waals surface area (Å²) < 4.78 is 24.6. The Labute approximate surface area is 116 Å². The van der Waals surface area contributed by atoms with Gasteiger partial charge in [-0.2, -0.15) is 0 Å². The van der Waals surface area contributed by atoms with Gasteiger partial charge in [-0.15, -0.1) is 0 Å². The Morgan fingerprint density at radius 1 is 1.35 bits per heavy atom. The van der Waals surface area contributed by atoms with Crippen molar-refractivity contribution in [2.45, 2.75) is 18.4 Å². The van der Waals surface area contributed by atoms with Crippen LogP contribution in [0.3, 0.4) is 0 Å². The summed E-state index contributed by atoms with van der Waals surface area (Å²) in [5.41, 5.74) is 0.768. The van der Waals surface area contributed by atoms with Gasteiger partial charge in [0.05, 0.1) is 11.5 Å². The van der Waals surface area contributed by atoms with E-state index in [9.17, 15) is 14.5 Å². The Morgan fingerprint density at radius 3 is 2.40 bits per heavy atom. The first-order chi connectivity index (χ1) is 9.52. The van der Waals surface area contributed by atoms with Crippen molar-refractivity contribution in [3.8, 4) is 0 Å². The number of benzene rings is 1. The number of nitrogens with zero attached hydrogens (tertiary/aromatic N) is 2. The van der Waals surface area contributed by atoms with Gasteiger partial charge in [-0.3, -0.25) is 10.1 Å². The van der Waals surface area contributed by atoms with Crippen LogP contribution in [0.25, 0.3) is 0 Å². The minimum Gasteiger partial charge on any atom is -0.368 e. The molecule has 0 N–H and O–H groups in total. The molecule has 1 atom stereocenters. The van der Waals surface area contributed by atoms with Crippen molar-refractivity contribution < 1.29 is 18.8 Å². The summed E-state index contributed by atoms with van der Waals surface area (Å²) in [5, 5.41) is 10.6. The van der Waals surface area contributed by atoms with Gasteiger partial charge in [-0.05, 0) is 12.1 Å². The Morgan fingerprint density at radius 2 is 1.95 bits per heavy atom. The molecule has 1 unspecified atom stereocenters. The van der Waals surface area contributed by atoms with Crippen LogP contribution < -0.4 is 4.90 Å². The lowest BCUT2D eigenvalue weighted by molar-refractivity contribution is -0.384. The molecule has 6 nitrogen and oxygen atoms in total. The van der Waals surface area contributed by atoms with Crippen LogP contribution in [0, 0.1) is 10.1 Å². The topological polar surface area (TPSA) is 64.8 Å². The van der Waals surface area contributed by atoms with Crippen LogP contribution in [0.4, 0.5) is 15.8 Å². The van der Waals surface area contributed by atoms with E-state index in [1.165, 1.54) is 26.4 Å². The van der Waals surface area contributed by atoms with E-state index in [0.717, 1.165) is 5.69 Å². The molecule has 0 radical (unpaired) electrons. The fourth-order valence-corrected chi connectivity index (χ4v) is 2.43. The molecule has 110 valence electrons. The van der Waals surface area contributed by atoms with Gasteiger partial charge < -0.3 is 14.4 Å². The number of rotatable bonds is 4. The second kappa shape index (κ2) is 5.72. The van der Waals surface area contributed by atoms with Crippen LogP contribution in [0.15, 0.2) is 24.3 Å². The summed E-state index contributed by atoms with van der Waals surface area (Å²) in [6.45, 7) is 0.680. The quantitative estimate of drug-likeness (QED) is 0.481. The second-order valence-electron chi connectivity index (χ2n) is 4.66. The molecule has 1 heterocycles. The molecule has 1 aromatic rings. The van der Waals surface area contributed by atoms with Gasteiger partial charge in [0.2, 0.25) is 5.79 Å². The summed E-state index contributed by atoms with van der Waals surface area (Å²) in [5.74, 6) is -1.20. The molecule has 1 aromatic carbocycles. The maximum absolute atomic E-state index is 14.2. The number of hydrogen-bond donors (Lipinski definition) is 0. The standard InChI is InChI=1S/C13H17FN2O4/c1-19-13(20-2)7-8-15(9-12(13)14)10-3-5-11(6-4-10)16(17)18/h3-6,12H,7-9H2,1-2H3. The predicted octanol–water partition coefficient (Wildman–Crippen LogP) is 2.13. The number of anilines is 1. The van der Waals surface area contributed by atoms with E-state index in [0.29, 0.717) is 13.0 Å². The van der Waals surface area contributed by atoms with E-state index >= 15 is 0 Å². The summed E-state index contributed by atoms with van der Waals surface area (Å²) >= 11 is 0. The summed E-state index contributed by atoms with van der Waals surface area (Å²) in [7, 11) is 2.86. The molecule has 0 amide bonds. The van der Waals surface area contributed by atoms with Crippen molar-refractivity contribution in [3.63, 3.8) is 0 Å². The number of methoxy groups -OCH3 is 2. The fraction of sp³-hybridized carbons (Fsp3) is 0.538. The third-order valence-electron chi connectivity index (χ3n) is 3.70. The highest BCUT2D eigenvalue weighted by atomic mass is 19.1. The minimum absolute atomic E-state index is 0.0192. The van der Waals surface area contributed by atoms with Gasteiger partial charge in [0, 0.05) is 45.0 Å². The Kier molecular flexibility index (Phi) is 4.20. The van der Waals surface area contributed by atoms with Gasteiger partial charge in [0.25, 0.3) is 5.69 Å². The normalized spacial score (nSPS) is 21.8. The number of hydrogen-bond acceptors (Lipinski definition) is 5. The van der Waals surface area contributed by atoms with Crippen LogP contribution in [-0.2, 0) is 9.47 Å². The van der Waals surface area contributed by atoms with Crippen LogP contribution in [0.2, 0.25) is 0 Å². The number of halogens is 1. The number of nitro groups is 1. The van der Waals surface area contributed by atoms with Crippen molar-refractivity contribution in [2.75, 3.05) is 32.2 Å². The average Bonchev–Trinajstić information content (AvgIpc) is 2.47. The maximum atomic E-state index is 14.2. The highest BCUT2D eigenvalue weighted by Crippen LogP contribution is 2.32. The first kappa shape index (κ1) is 14.7. The number of piperidine rings is 1. The van der Waals surface area contributed by atoms with Crippen LogP contribution in [-0.4, -0.2) is 44.2 Å². The van der Waals surface area contributed by atoms with E-state index in [4.69, 9.17) is 9.47 Å². The largest absolute Gasteiger partial charge is 0.368 e. The van der Waals surface area contributed by atoms with Gasteiger partial charge in [0.1, 0.15) is 0 Å². The molecule has 0 aliphatic carbocycles. The zero-order valence-electron chi connectivity index (χ0n) is 11.4. The summed E-state index contributed by atoms with van der Waals surface area (Å²) in [6.07, 6.45) is -0.903. The van der Waals surface area contributed by atoms with Crippen molar-refractivity contribution in [2.24, 2.45) is 0 Å². The Hall–Kier alpha value is -1.73. The van der Waals surface area contributed by atoms with Crippen molar-refractivity contribution in [1.82, 2.24) is 0 Å². The van der Waals surface area contributed by atoms with Crippen molar-refractivity contribution >= 4 is 11.4 Å². The van der Waals surface area contributed by atoms with Gasteiger partial charge >= 0.3 is 0 Å². The number of nitro benzene ring substituents is 1. The zero-order valence-corrected chi connectivity index (χ0v) is 11.4. The van der Waals surface area contributed by atoms with Crippen molar-refractivity contribution in [1.29, 1.82) is 0 Å². The third kappa shape index (κ3) is 2.59. The van der Waals surface area contributed by atoms with Crippen LogP contribution >= 0.6 is 0 Å². The molecule has 0 saturated carbocycles. The van der Waals surface area contributed by atoms with Crippen molar-refractivity contribution in [3.05, 3.63) is 34.4 Å². The number of ether oxygens (including phenoxy) is 2. The lowest BCUT2D eigenvalue weighted by atomic mass is 10.0. The van der Waals surface area contributed by atoms with Gasteiger partial charge in [-0.25, -0.2) is 4.39 Å². The molecule has 0 bridgehead atoms. The first-order valence-corrected chi connectivity index (χ1v) is 6.26. The highest BCUT2D eigenvalue weighted by Gasteiger charge is 2.44. The van der Waals surface area contributed by atoms with E-state index in [-0.39, 0.29) is 12.2 Å². The maximum Gasteiger partial charge on any atom is 0.269 e. The zero-order chi connectivity index (χ0) is 14.8. The molecular formula is C13H17FN2O4. The monoisotopic (exact) mass is 284 g/mol. The van der Waals surface area contributed by atoms with Crippen LogP contribution in [0.5, 0.6) is 0 Å². The lowest BCUT2D eigenvalue weighted by Crippen LogP contribution is -2.55. The molecule has 20 heavy (non-hydrogen) atoms. The van der Waals surface area contributed by atoms with Crippen LogP contribution in [0.1, 0.15) is 6.42 Å². The highest BCUT2D eigenvalue weighted by molar-refractivity contribution is 5.51. The predicted molar refractivity (Wildman–Crippen MR) is 71.6 cm³/mol. The molecule has 0 spiro atoms. The second-order valence-corrected chi connectivity index (χ2v) is 4.66. The SMILES string of the molecule is COC1(OC)CCN(c2ccc([N+](=O)[O-])cc2)CC1F. The molecule has 2 rings (SSSR count). The molecule has 1 aliphatic heterocycles.